The fourth-order valence-electron chi connectivity index (χ4n) is 2.71. The lowest BCUT2D eigenvalue weighted by molar-refractivity contribution is -0.385. The monoisotopic (exact) mass is 296 g/mol. The summed E-state index contributed by atoms with van der Waals surface area (Å²) in [7, 11) is 0. The Morgan fingerprint density at radius 3 is 2.75 bits per heavy atom. The summed E-state index contributed by atoms with van der Waals surface area (Å²) >= 11 is 5.94. The summed E-state index contributed by atoms with van der Waals surface area (Å²) in [5, 5.41) is 14.0. The van der Waals surface area contributed by atoms with Gasteiger partial charge in [0.15, 0.2) is 0 Å². The van der Waals surface area contributed by atoms with Crippen molar-refractivity contribution in [2.24, 2.45) is 5.41 Å². The molecule has 1 N–H and O–H groups in total. The highest BCUT2D eigenvalue weighted by atomic mass is 35.5. The van der Waals surface area contributed by atoms with E-state index >= 15 is 0 Å². The van der Waals surface area contributed by atoms with Crippen LogP contribution in [0.5, 0.6) is 0 Å². The van der Waals surface area contributed by atoms with Crippen LogP contribution in [-0.4, -0.2) is 16.9 Å². The van der Waals surface area contributed by atoms with Crippen molar-refractivity contribution >= 4 is 23.2 Å². The molecule has 0 bridgehead atoms. The van der Waals surface area contributed by atoms with Crippen molar-refractivity contribution < 1.29 is 9.72 Å². The second-order valence-electron chi connectivity index (χ2n) is 5.97. The Labute approximate surface area is 122 Å². The summed E-state index contributed by atoms with van der Waals surface area (Å²) in [4.78, 5) is 22.7. The number of carbonyl (C=O) groups is 1. The van der Waals surface area contributed by atoms with Gasteiger partial charge in [-0.05, 0) is 30.7 Å². The molecule has 20 heavy (non-hydrogen) atoms. The molecular weight excluding hydrogens is 280 g/mol. The van der Waals surface area contributed by atoms with E-state index in [-0.39, 0.29) is 27.7 Å². The summed E-state index contributed by atoms with van der Waals surface area (Å²) in [6, 6.07) is 4.30. The zero-order valence-electron chi connectivity index (χ0n) is 11.5. The summed E-state index contributed by atoms with van der Waals surface area (Å²) in [6.45, 7) is 4.30. The molecule has 1 aliphatic carbocycles. The molecule has 1 amide bonds. The first-order valence-corrected chi connectivity index (χ1v) is 6.92. The van der Waals surface area contributed by atoms with Crippen molar-refractivity contribution in [3.05, 3.63) is 38.9 Å². The van der Waals surface area contributed by atoms with E-state index in [2.05, 4.69) is 19.2 Å². The van der Waals surface area contributed by atoms with Crippen LogP contribution < -0.4 is 5.32 Å². The molecule has 0 aromatic heterocycles. The predicted molar refractivity (Wildman–Crippen MR) is 77.0 cm³/mol. The molecule has 1 unspecified atom stereocenters. The number of hydrogen-bond acceptors (Lipinski definition) is 3. The number of rotatable bonds is 3. The van der Waals surface area contributed by atoms with Crippen LogP contribution in [0.2, 0.25) is 5.02 Å². The Balaban J connectivity index is 2.20. The first-order chi connectivity index (χ1) is 9.30. The van der Waals surface area contributed by atoms with Crippen LogP contribution in [0.1, 0.15) is 43.5 Å². The molecule has 0 spiro atoms. The lowest BCUT2D eigenvalue weighted by Crippen LogP contribution is -2.34. The topological polar surface area (TPSA) is 72.2 Å². The van der Waals surface area contributed by atoms with Crippen molar-refractivity contribution in [2.45, 2.75) is 39.2 Å². The molecular formula is C14H17ClN2O3. The quantitative estimate of drug-likeness (QED) is 0.684. The largest absolute Gasteiger partial charge is 0.349 e. The summed E-state index contributed by atoms with van der Waals surface area (Å²) in [5.74, 6) is -0.468. The molecule has 0 aliphatic heterocycles. The minimum atomic E-state index is -0.584. The highest BCUT2D eigenvalue weighted by molar-refractivity contribution is 6.34. The third-order valence-electron chi connectivity index (χ3n) is 3.72. The number of benzene rings is 1. The van der Waals surface area contributed by atoms with E-state index in [0.717, 1.165) is 19.3 Å². The second kappa shape index (κ2) is 5.40. The predicted octanol–water partition coefficient (Wildman–Crippen LogP) is 3.56. The normalized spacial score (nSPS) is 20.6. The molecule has 1 aromatic rings. The Bertz CT molecular complexity index is 557. The smallest absolute Gasteiger partial charge is 0.283 e. The SMILES string of the molecule is CC1(C)CCC(NC(=O)c2c(Cl)cccc2[N+](=O)[O-])C1. The van der Waals surface area contributed by atoms with Crippen LogP contribution in [-0.2, 0) is 0 Å². The number of nitro benzene ring substituents is 1. The molecule has 0 heterocycles. The van der Waals surface area contributed by atoms with Gasteiger partial charge in [0.05, 0.1) is 9.95 Å². The van der Waals surface area contributed by atoms with Gasteiger partial charge in [0, 0.05) is 12.1 Å². The van der Waals surface area contributed by atoms with Crippen LogP contribution in [0, 0.1) is 15.5 Å². The van der Waals surface area contributed by atoms with Gasteiger partial charge in [-0.25, -0.2) is 0 Å². The van der Waals surface area contributed by atoms with E-state index in [0.29, 0.717) is 0 Å². The van der Waals surface area contributed by atoms with Crippen LogP contribution >= 0.6 is 11.6 Å². The van der Waals surface area contributed by atoms with Crippen molar-refractivity contribution in [3.63, 3.8) is 0 Å². The minimum absolute atomic E-state index is 0.0494. The number of hydrogen-bond donors (Lipinski definition) is 1. The maximum absolute atomic E-state index is 12.3. The average Bonchev–Trinajstić information content (AvgIpc) is 2.67. The summed E-state index contributed by atoms with van der Waals surface area (Å²) < 4.78 is 0. The van der Waals surface area contributed by atoms with Crippen molar-refractivity contribution in [1.82, 2.24) is 5.32 Å². The van der Waals surface area contributed by atoms with Crippen LogP contribution in [0.15, 0.2) is 18.2 Å². The number of nitrogens with one attached hydrogen (secondary N) is 1. The number of nitro groups is 1. The third-order valence-corrected chi connectivity index (χ3v) is 4.03. The number of halogens is 1. The lowest BCUT2D eigenvalue weighted by atomic mass is 9.92. The maximum Gasteiger partial charge on any atom is 0.283 e. The average molecular weight is 297 g/mol. The maximum atomic E-state index is 12.3. The van der Waals surface area contributed by atoms with Gasteiger partial charge in [-0.15, -0.1) is 0 Å². The molecule has 0 saturated heterocycles. The molecule has 0 radical (unpaired) electrons. The molecule has 1 aromatic carbocycles. The molecule has 1 saturated carbocycles. The van der Waals surface area contributed by atoms with E-state index in [1.54, 1.807) is 0 Å². The Morgan fingerprint density at radius 2 is 2.20 bits per heavy atom. The molecule has 6 heteroatoms. The highest BCUT2D eigenvalue weighted by Gasteiger charge is 2.33. The Kier molecular flexibility index (Phi) is 3.99. The van der Waals surface area contributed by atoms with Gasteiger partial charge in [-0.1, -0.05) is 31.5 Å². The fourth-order valence-corrected chi connectivity index (χ4v) is 2.96. The molecule has 2 rings (SSSR count). The van der Waals surface area contributed by atoms with Crippen LogP contribution in [0.3, 0.4) is 0 Å². The fraction of sp³-hybridized carbons (Fsp3) is 0.500. The Morgan fingerprint density at radius 1 is 1.50 bits per heavy atom. The lowest BCUT2D eigenvalue weighted by Gasteiger charge is -2.18. The van der Waals surface area contributed by atoms with Gasteiger partial charge in [-0.3, -0.25) is 14.9 Å². The van der Waals surface area contributed by atoms with E-state index in [9.17, 15) is 14.9 Å². The number of nitrogens with zero attached hydrogens (tertiary/aromatic N) is 1. The van der Waals surface area contributed by atoms with Crippen molar-refractivity contribution in [2.75, 3.05) is 0 Å². The Hall–Kier alpha value is -1.62. The molecule has 5 nitrogen and oxygen atoms in total. The van der Waals surface area contributed by atoms with E-state index in [4.69, 9.17) is 11.6 Å². The van der Waals surface area contributed by atoms with Gasteiger partial charge >= 0.3 is 0 Å². The van der Waals surface area contributed by atoms with E-state index in [1.165, 1.54) is 18.2 Å². The van der Waals surface area contributed by atoms with E-state index in [1.807, 2.05) is 0 Å². The van der Waals surface area contributed by atoms with Crippen LogP contribution in [0.4, 0.5) is 5.69 Å². The standard InChI is InChI=1S/C14H17ClN2O3/c1-14(2)7-6-9(8-14)16-13(18)12-10(15)4-3-5-11(12)17(19)20/h3-5,9H,6-8H2,1-2H3,(H,16,18). The summed E-state index contributed by atoms with van der Waals surface area (Å²) in [5.41, 5.74) is -0.110. The molecule has 1 aliphatic rings. The third kappa shape index (κ3) is 3.10. The second-order valence-corrected chi connectivity index (χ2v) is 6.38. The highest BCUT2D eigenvalue weighted by Crippen LogP contribution is 2.37. The number of amides is 1. The zero-order valence-corrected chi connectivity index (χ0v) is 12.2. The van der Waals surface area contributed by atoms with Crippen molar-refractivity contribution in [3.8, 4) is 0 Å². The number of carbonyl (C=O) groups excluding carboxylic acids is 1. The molecule has 1 atom stereocenters. The van der Waals surface area contributed by atoms with Crippen molar-refractivity contribution in [1.29, 1.82) is 0 Å². The zero-order chi connectivity index (χ0) is 14.9. The molecule has 1 fully saturated rings. The van der Waals surface area contributed by atoms with Gasteiger partial charge in [0.1, 0.15) is 5.56 Å². The van der Waals surface area contributed by atoms with E-state index < -0.39 is 10.8 Å². The van der Waals surface area contributed by atoms with Gasteiger partial charge in [-0.2, -0.15) is 0 Å². The van der Waals surface area contributed by atoms with Gasteiger partial charge < -0.3 is 5.32 Å². The van der Waals surface area contributed by atoms with Crippen LogP contribution in [0.25, 0.3) is 0 Å². The van der Waals surface area contributed by atoms with Gasteiger partial charge in [0.25, 0.3) is 11.6 Å². The first-order valence-electron chi connectivity index (χ1n) is 6.54. The van der Waals surface area contributed by atoms with Gasteiger partial charge in [0.2, 0.25) is 0 Å². The molecule has 108 valence electrons. The summed E-state index contributed by atoms with van der Waals surface area (Å²) in [6.07, 6.45) is 2.79. The first kappa shape index (κ1) is 14.8. The minimum Gasteiger partial charge on any atom is -0.349 e.